The van der Waals surface area contributed by atoms with Gasteiger partial charge in [-0.2, -0.15) is 0 Å². The summed E-state index contributed by atoms with van der Waals surface area (Å²) in [5, 5.41) is 9.95. The van der Waals surface area contributed by atoms with Gasteiger partial charge in [0.25, 0.3) is 0 Å². The SMILES string of the molecule is CN1[C]C([N+](=O)[O-])N=C1. The molecule has 0 aliphatic carbocycles. The molecule has 1 aliphatic rings. The molecule has 5 nitrogen and oxygen atoms in total. The lowest BCUT2D eigenvalue weighted by Gasteiger charge is -2.00. The summed E-state index contributed by atoms with van der Waals surface area (Å²) in [7, 11) is 1.65. The number of nitrogens with zero attached hydrogens (tertiary/aromatic N) is 3. The van der Waals surface area contributed by atoms with Gasteiger partial charge in [-0.3, -0.25) is 10.1 Å². The molecule has 1 unspecified atom stereocenters. The van der Waals surface area contributed by atoms with Crippen molar-refractivity contribution in [3.8, 4) is 0 Å². The third-order valence-electron chi connectivity index (χ3n) is 0.900. The van der Waals surface area contributed by atoms with E-state index in [9.17, 15) is 10.1 Å². The molecule has 0 amide bonds. The van der Waals surface area contributed by atoms with Gasteiger partial charge in [-0.15, -0.1) is 0 Å². The molecule has 0 spiro atoms. The highest BCUT2D eigenvalue weighted by Gasteiger charge is 2.25. The molecule has 0 fully saturated rings. The Kier molecular flexibility index (Phi) is 1.33. The summed E-state index contributed by atoms with van der Waals surface area (Å²) in [5.41, 5.74) is 0. The summed E-state index contributed by atoms with van der Waals surface area (Å²) in [4.78, 5) is 14.4. The number of rotatable bonds is 1. The molecule has 1 heterocycles. The lowest BCUT2D eigenvalue weighted by Crippen LogP contribution is -2.19. The quantitative estimate of drug-likeness (QED) is 0.355. The molecule has 2 radical (unpaired) electrons. The normalized spacial score (nSPS) is 25.0. The van der Waals surface area contributed by atoms with E-state index >= 15 is 0 Å². The highest BCUT2D eigenvalue weighted by atomic mass is 16.6. The summed E-state index contributed by atoms with van der Waals surface area (Å²) in [6, 6.07) is 0. The first-order chi connectivity index (χ1) is 4.20. The van der Waals surface area contributed by atoms with Gasteiger partial charge in [0.1, 0.15) is 0 Å². The van der Waals surface area contributed by atoms with Gasteiger partial charge >= 0.3 is 6.17 Å². The van der Waals surface area contributed by atoms with Gasteiger partial charge < -0.3 is 4.90 Å². The van der Waals surface area contributed by atoms with E-state index in [0.717, 1.165) is 0 Å². The van der Waals surface area contributed by atoms with Crippen LogP contribution in [0.15, 0.2) is 4.99 Å². The standard InChI is InChI=1S/C4H5N3O2/c1-6-2-4(5-3-6)7(8)9/h3-4H,1H3. The first kappa shape index (κ1) is 6.00. The van der Waals surface area contributed by atoms with E-state index in [-0.39, 0.29) is 0 Å². The summed E-state index contributed by atoms with van der Waals surface area (Å²) in [5.74, 6) is 0. The number of nitro groups is 1. The van der Waals surface area contributed by atoms with Crippen molar-refractivity contribution in [2.24, 2.45) is 4.99 Å². The van der Waals surface area contributed by atoms with Crippen LogP contribution >= 0.6 is 0 Å². The van der Waals surface area contributed by atoms with Crippen molar-refractivity contribution in [1.82, 2.24) is 4.90 Å². The van der Waals surface area contributed by atoms with E-state index in [0.29, 0.717) is 0 Å². The Morgan fingerprint density at radius 3 is 2.89 bits per heavy atom. The Labute approximate surface area is 52.1 Å². The van der Waals surface area contributed by atoms with Gasteiger partial charge in [-0.05, 0) is 0 Å². The van der Waals surface area contributed by atoms with Crippen LogP contribution in [0.5, 0.6) is 0 Å². The second-order valence-electron chi connectivity index (χ2n) is 1.66. The topological polar surface area (TPSA) is 58.7 Å². The van der Waals surface area contributed by atoms with Crippen LogP contribution in [0.3, 0.4) is 0 Å². The van der Waals surface area contributed by atoms with E-state index in [1.807, 2.05) is 0 Å². The van der Waals surface area contributed by atoms with Crippen LogP contribution in [0, 0.1) is 16.7 Å². The van der Waals surface area contributed by atoms with Gasteiger partial charge in [-0.1, -0.05) is 0 Å². The molecule has 9 heavy (non-hydrogen) atoms. The van der Waals surface area contributed by atoms with E-state index in [4.69, 9.17) is 0 Å². The second kappa shape index (κ2) is 2.00. The van der Waals surface area contributed by atoms with Crippen molar-refractivity contribution in [3.05, 3.63) is 16.7 Å². The van der Waals surface area contributed by atoms with Crippen LogP contribution in [0.4, 0.5) is 0 Å². The fourth-order valence-corrected chi connectivity index (χ4v) is 0.514. The summed E-state index contributed by atoms with van der Waals surface area (Å²) >= 11 is 0. The summed E-state index contributed by atoms with van der Waals surface area (Å²) in [6.07, 6.45) is 0.378. The zero-order chi connectivity index (χ0) is 6.85. The third kappa shape index (κ3) is 1.16. The highest BCUT2D eigenvalue weighted by Crippen LogP contribution is 2.05. The number of likely N-dealkylation sites (N-methyl/N-ethyl adjacent to an activating group) is 1. The maximum atomic E-state index is 9.95. The molecule has 0 aromatic heterocycles. The molecular formula is C4H5N3O2. The number of aliphatic imine (C=N–C) groups is 1. The minimum Gasteiger partial charge on any atom is -0.347 e. The maximum Gasteiger partial charge on any atom is 0.333 e. The first-order valence-electron chi connectivity index (χ1n) is 2.36. The predicted octanol–water partition coefficient (Wildman–Crippen LogP) is -0.398. The molecule has 0 aromatic rings. The largest absolute Gasteiger partial charge is 0.347 e. The molecule has 0 bridgehead atoms. The molecule has 1 aliphatic heterocycles. The van der Waals surface area contributed by atoms with E-state index in [1.54, 1.807) is 7.05 Å². The van der Waals surface area contributed by atoms with E-state index in [2.05, 4.69) is 11.5 Å². The lowest BCUT2D eigenvalue weighted by atomic mass is 10.5. The second-order valence-corrected chi connectivity index (χ2v) is 1.66. The Morgan fingerprint density at radius 1 is 2.00 bits per heavy atom. The van der Waals surface area contributed by atoms with Crippen LogP contribution in [-0.4, -0.2) is 29.4 Å². The third-order valence-corrected chi connectivity index (χ3v) is 0.900. The van der Waals surface area contributed by atoms with Crippen molar-refractivity contribution in [2.75, 3.05) is 7.05 Å². The monoisotopic (exact) mass is 127 g/mol. The zero-order valence-electron chi connectivity index (χ0n) is 4.81. The van der Waals surface area contributed by atoms with Gasteiger partial charge in [0.05, 0.1) is 11.3 Å². The Bertz CT molecular complexity index is 156. The smallest absolute Gasteiger partial charge is 0.333 e. The van der Waals surface area contributed by atoms with Gasteiger partial charge in [0.2, 0.25) is 6.54 Å². The molecule has 0 saturated carbocycles. The molecule has 5 heteroatoms. The Balaban J connectivity index is 2.50. The van der Waals surface area contributed by atoms with Gasteiger partial charge in [0.15, 0.2) is 0 Å². The Hall–Kier alpha value is -1.13. The average Bonchev–Trinajstić information content (AvgIpc) is 2.14. The van der Waals surface area contributed by atoms with Crippen molar-refractivity contribution in [2.45, 2.75) is 6.17 Å². The molecule has 0 saturated heterocycles. The van der Waals surface area contributed by atoms with Crippen LogP contribution in [0.2, 0.25) is 0 Å². The van der Waals surface area contributed by atoms with E-state index < -0.39 is 11.1 Å². The molecule has 48 valence electrons. The van der Waals surface area contributed by atoms with Crippen molar-refractivity contribution in [1.29, 1.82) is 0 Å². The lowest BCUT2D eigenvalue weighted by molar-refractivity contribution is -0.511. The van der Waals surface area contributed by atoms with Crippen molar-refractivity contribution < 1.29 is 4.92 Å². The summed E-state index contributed by atoms with van der Waals surface area (Å²) < 4.78 is 0. The molecular weight excluding hydrogens is 122 g/mol. The molecule has 1 atom stereocenters. The minimum atomic E-state index is -0.991. The van der Waals surface area contributed by atoms with Crippen LogP contribution < -0.4 is 0 Å². The molecule has 0 aromatic carbocycles. The highest BCUT2D eigenvalue weighted by molar-refractivity contribution is 5.58. The summed E-state index contributed by atoms with van der Waals surface area (Å²) in [6.45, 7) is 2.47. The van der Waals surface area contributed by atoms with Gasteiger partial charge in [0, 0.05) is 7.05 Å². The molecule has 0 N–H and O–H groups in total. The van der Waals surface area contributed by atoms with Gasteiger partial charge in [-0.25, -0.2) is 4.99 Å². The van der Waals surface area contributed by atoms with Crippen molar-refractivity contribution in [3.63, 3.8) is 0 Å². The Morgan fingerprint density at radius 2 is 2.67 bits per heavy atom. The fraction of sp³-hybridized carbons (Fsp3) is 0.500. The van der Waals surface area contributed by atoms with Crippen molar-refractivity contribution >= 4 is 6.34 Å². The molecule has 1 rings (SSSR count). The van der Waals surface area contributed by atoms with Crippen LogP contribution in [0.25, 0.3) is 0 Å². The first-order valence-corrected chi connectivity index (χ1v) is 2.36. The zero-order valence-corrected chi connectivity index (χ0v) is 4.81. The van der Waals surface area contributed by atoms with Crippen LogP contribution in [0.1, 0.15) is 0 Å². The van der Waals surface area contributed by atoms with E-state index in [1.165, 1.54) is 11.2 Å². The minimum absolute atomic E-state index is 0.500. The number of hydrogen-bond acceptors (Lipinski definition) is 4. The average molecular weight is 127 g/mol. The number of hydrogen-bond donors (Lipinski definition) is 0. The predicted molar refractivity (Wildman–Crippen MR) is 30.3 cm³/mol. The fourth-order valence-electron chi connectivity index (χ4n) is 0.514. The maximum absolute atomic E-state index is 9.95. The van der Waals surface area contributed by atoms with Crippen LogP contribution in [-0.2, 0) is 0 Å².